The van der Waals surface area contributed by atoms with Gasteiger partial charge in [-0.2, -0.15) is 0 Å². The van der Waals surface area contributed by atoms with E-state index in [1.54, 1.807) is 0 Å². The number of nitrogens with zero attached hydrogens (tertiary/aromatic N) is 1. The van der Waals surface area contributed by atoms with Crippen LogP contribution in [-0.4, -0.2) is 29.9 Å². The fraction of sp³-hybridized carbons (Fsp3) is 0.533. The molecule has 1 aliphatic heterocycles. The number of carbonyl (C=O) groups excluding carboxylic acids is 1. The highest BCUT2D eigenvalue weighted by atomic mass is 35.5. The van der Waals surface area contributed by atoms with Crippen molar-refractivity contribution in [3.63, 3.8) is 0 Å². The van der Waals surface area contributed by atoms with Crippen molar-refractivity contribution in [3.8, 4) is 0 Å². The predicted octanol–water partition coefficient (Wildman–Crippen LogP) is 2.62. The fourth-order valence-electron chi connectivity index (χ4n) is 2.62. The standard InChI is InChI=1S/C15H22N2O.ClH/c1-2-4-12-6-8-13(9-7-12)15(18)17-10-3-5-14(17)11-16;/h6-9,14H,2-5,10-11,16H2,1H3;1H. The van der Waals surface area contributed by atoms with Crippen LogP contribution in [0.3, 0.4) is 0 Å². The van der Waals surface area contributed by atoms with E-state index in [2.05, 4.69) is 19.1 Å². The zero-order chi connectivity index (χ0) is 13.0. The second kappa shape index (κ2) is 7.51. The summed E-state index contributed by atoms with van der Waals surface area (Å²) in [5.41, 5.74) is 7.79. The molecule has 0 radical (unpaired) electrons. The summed E-state index contributed by atoms with van der Waals surface area (Å²) in [5.74, 6) is 0.131. The number of halogens is 1. The first-order chi connectivity index (χ1) is 8.76. The molecule has 1 aliphatic rings. The van der Waals surface area contributed by atoms with E-state index in [1.807, 2.05) is 17.0 Å². The Kier molecular flexibility index (Phi) is 6.32. The van der Waals surface area contributed by atoms with E-state index in [9.17, 15) is 4.79 Å². The number of benzene rings is 1. The molecule has 0 saturated carbocycles. The smallest absolute Gasteiger partial charge is 0.254 e. The van der Waals surface area contributed by atoms with Crippen LogP contribution < -0.4 is 5.73 Å². The first-order valence-corrected chi connectivity index (χ1v) is 6.86. The lowest BCUT2D eigenvalue weighted by Gasteiger charge is -2.23. The number of carbonyl (C=O) groups is 1. The summed E-state index contributed by atoms with van der Waals surface area (Å²) in [6.07, 6.45) is 4.32. The quantitative estimate of drug-likeness (QED) is 0.923. The molecule has 1 fully saturated rings. The van der Waals surface area contributed by atoms with E-state index in [-0.39, 0.29) is 24.4 Å². The molecule has 0 aliphatic carbocycles. The van der Waals surface area contributed by atoms with E-state index in [4.69, 9.17) is 5.73 Å². The average Bonchev–Trinajstić information content (AvgIpc) is 2.87. The highest BCUT2D eigenvalue weighted by molar-refractivity contribution is 5.94. The topological polar surface area (TPSA) is 46.3 Å². The third-order valence-corrected chi connectivity index (χ3v) is 3.65. The molecular weight excluding hydrogens is 260 g/mol. The van der Waals surface area contributed by atoms with Gasteiger partial charge >= 0.3 is 0 Å². The minimum Gasteiger partial charge on any atom is -0.334 e. The van der Waals surface area contributed by atoms with Gasteiger partial charge < -0.3 is 10.6 Å². The highest BCUT2D eigenvalue weighted by Crippen LogP contribution is 2.19. The molecule has 0 spiro atoms. The van der Waals surface area contributed by atoms with Crippen molar-refractivity contribution in [3.05, 3.63) is 35.4 Å². The monoisotopic (exact) mass is 282 g/mol. The van der Waals surface area contributed by atoms with Crippen LogP contribution in [-0.2, 0) is 6.42 Å². The van der Waals surface area contributed by atoms with Crippen molar-refractivity contribution in [2.24, 2.45) is 5.73 Å². The van der Waals surface area contributed by atoms with E-state index < -0.39 is 0 Å². The van der Waals surface area contributed by atoms with Crippen LogP contribution in [0, 0.1) is 0 Å². The normalized spacial score (nSPS) is 18.2. The molecule has 19 heavy (non-hydrogen) atoms. The van der Waals surface area contributed by atoms with Gasteiger partial charge in [-0.3, -0.25) is 4.79 Å². The van der Waals surface area contributed by atoms with Gasteiger partial charge in [0.1, 0.15) is 0 Å². The average molecular weight is 283 g/mol. The molecule has 0 aromatic heterocycles. The van der Waals surface area contributed by atoms with Gasteiger partial charge in [-0.1, -0.05) is 25.5 Å². The maximum absolute atomic E-state index is 12.4. The van der Waals surface area contributed by atoms with Gasteiger partial charge in [-0.25, -0.2) is 0 Å². The summed E-state index contributed by atoms with van der Waals surface area (Å²) in [6.45, 7) is 3.58. The van der Waals surface area contributed by atoms with Gasteiger partial charge in [0.2, 0.25) is 0 Å². The second-order valence-corrected chi connectivity index (χ2v) is 4.98. The Hall–Kier alpha value is -1.06. The molecule has 3 nitrogen and oxygen atoms in total. The van der Waals surface area contributed by atoms with Crippen LogP contribution in [0.4, 0.5) is 0 Å². The number of rotatable bonds is 4. The second-order valence-electron chi connectivity index (χ2n) is 4.98. The number of hydrogen-bond donors (Lipinski definition) is 1. The number of amides is 1. The van der Waals surface area contributed by atoms with Gasteiger partial charge in [-0.15, -0.1) is 12.4 Å². The van der Waals surface area contributed by atoms with Crippen LogP contribution in [0.1, 0.15) is 42.1 Å². The van der Waals surface area contributed by atoms with Gasteiger partial charge in [0.05, 0.1) is 0 Å². The van der Waals surface area contributed by atoms with Crippen molar-refractivity contribution in [2.75, 3.05) is 13.1 Å². The molecular formula is C15H23ClN2O. The largest absolute Gasteiger partial charge is 0.334 e. The van der Waals surface area contributed by atoms with E-state index in [0.717, 1.165) is 37.8 Å². The number of likely N-dealkylation sites (tertiary alicyclic amines) is 1. The third kappa shape index (κ3) is 3.71. The zero-order valence-electron chi connectivity index (χ0n) is 11.5. The van der Waals surface area contributed by atoms with Gasteiger partial charge in [0.15, 0.2) is 0 Å². The Labute approximate surface area is 121 Å². The van der Waals surface area contributed by atoms with E-state index in [0.29, 0.717) is 6.54 Å². The first-order valence-electron chi connectivity index (χ1n) is 6.86. The minimum absolute atomic E-state index is 0. The van der Waals surface area contributed by atoms with Crippen molar-refractivity contribution >= 4 is 18.3 Å². The minimum atomic E-state index is 0. The molecule has 2 rings (SSSR count). The summed E-state index contributed by atoms with van der Waals surface area (Å²) in [6, 6.07) is 8.24. The van der Waals surface area contributed by atoms with Crippen LogP contribution >= 0.6 is 12.4 Å². The highest BCUT2D eigenvalue weighted by Gasteiger charge is 2.28. The van der Waals surface area contributed by atoms with Crippen molar-refractivity contribution < 1.29 is 4.79 Å². The summed E-state index contributed by atoms with van der Waals surface area (Å²) in [4.78, 5) is 14.3. The summed E-state index contributed by atoms with van der Waals surface area (Å²) in [7, 11) is 0. The molecule has 106 valence electrons. The maximum Gasteiger partial charge on any atom is 0.254 e. The van der Waals surface area contributed by atoms with Gasteiger partial charge in [0.25, 0.3) is 5.91 Å². The molecule has 0 bridgehead atoms. The lowest BCUT2D eigenvalue weighted by Crippen LogP contribution is -2.39. The summed E-state index contributed by atoms with van der Waals surface area (Å²) >= 11 is 0. The molecule has 1 unspecified atom stereocenters. The SMILES string of the molecule is CCCc1ccc(C(=O)N2CCCC2CN)cc1.Cl. The third-order valence-electron chi connectivity index (χ3n) is 3.65. The van der Waals surface area contributed by atoms with Crippen LogP contribution in [0.5, 0.6) is 0 Å². The van der Waals surface area contributed by atoms with E-state index in [1.165, 1.54) is 5.56 Å². The molecule has 1 saturated heterocycles. The van der Waals surface area contributed by atoms with Gasteiger partial charge in [-0.05, 0) is 37.0 Å². The zero-order valence-corrected chi connectivity index (χ0v) is 12.3. The summed E-state index contributed by atoms with van der Waals surface area (Å²) < 4.78 is 0. The lowest BCUT2D eigenvalue weighted by molar-refractivity contribution is 0.0741. The number of aryl methyl sites for hydroxylation is 1. The molecule has 1 aromatic rings. The maximum atomic E-state index is 12.4. The van der Waals surface area contributed by atoms with Crippen LogP contribution in [0.15, 0.2) is 24.3 Å². The molecule has 1 aromatic carbocycles. The molecule has 1 heterocycles. The summed E-state index contributed by atoms with van der Waals surface area (Å²) in [5, 5.41) is 0. The first kappa shape index (κ1) is 16.0. The Morgan fingerprint density at radius 1 is 1.37 bits per heavy atom. The molecule has 4 heteroatoms. The van der Waals surface area contributed by atoms with Crippen LogP contribution in [0.25, 0.3) is 0 Å². The number of hydrogen-bond acceptors (Lipinski definition) is 2. The van der Waals surface area contributed by atoms with Crippen molar-refractivity contribution in [1.29, 1.82) is 0 Å². The van der Waals surface area contributed by atoms with Gasteiger partial charge in [0, 0.05) is 24.7 Å². The molecule has 2 N–H and O–H groups in total. The molecule has 1 amide bonds. The Morgan fingerprint density at radius 2 is 2.05 bits per heavy atom. The Bertz CT molecular complexity index is 405. The molecule has 1 atom stereocenters. The lowest BCUT2D eigenvalue weighted by atomic mass is 10.1. The Morgan fingerprint density at radius 3 is 2.63 bits per heavy atom. The van der Waals surface area contributed by atoms with Crippen molar-refractivity contribution in [1.82, 2.24) is 4.90 Å². The fourth-order valence-corrected chi connectivity index (χ4v) is 2.62. The predicted molar refractivity (Wildman–Crippen MR) is 80.8 cm³/mol. The van der Waals surface area contributed by atoms with Crippen LogP contribution in [0.2, 0.25) is 0 Å². The number of nitrogens with two attached hydrogens (primary N) is 1. The van der Waals surface area contributed by atoms with Crippen molar-refractivity contribution in [2.45, 2.75) is 38.6 Å². The van der Waals surface area contributed by atoms with E-state index >= 15 is 0 Å². The Balaban J connectivity index is 0.00000180.